The van der Waals surface area contributed by atoms with Gasteiger partial charge in [0.15, 0.2) is 0 Å². The molecule has 0 aliphatic carbocycles. The van der Waals surface area contributed by atoms with E-state index in [0.717, 1.165) is 11.3 Å². The van der Waals surface area contributed by atoms with Crippen molar-refractivity contribution in [1.29, 1.82) is 0 Å². The van der Waals surface area contributed by atoms with Crippen molar-refractivity contribution in [2.45, 2.75) is 18.4 Å². The van der Waals surface area contributed by atoms with Gasteiger partial charge in [-0.15, -0.1) is 0 Å². The normalized spacial score (nSPS) is 11.4. The van der Waals surface area contributed by atoms with Gasteiger partial charge in [0.05, 0.1) is 12.0 Å². The van der Waals surface area contributed by atoms with Crippen LogP contribution in [0.25, 0.3) is 11.4 Å². The van der Waals surface area contributed by atoms with E-state index in [-0.39, 0.29) is 11.4 Å². The van der Waals surface area contributed by atoms with Crippen molar-refractivity contribution in [2.75, 3.05) is 7.11 Å². The van der Waals surface area contributed by atoms with Crippen LogP contribution in [0, 0.1) is 6.92 Å². The van der Waals surface area contributed by atoms with E-state index in [2.05, 4.69) is 14.9 Å². The van der Waals surface area contributed by atoms with Gasteiger partial charge < -0.3 is 9.26 Å². The van der Waals surface area contributed by atoms with Crippen molar-refractivity contribution >= 4 is 10.0 Å². The number of aryl methyl sites for hydroxylation is 1. The number of rotatable bonds is 6. The molecule has 0 fully saturated rings. The summed E-state index contributed by atoms with van der Waals surface area (Å²) in [5, 5.41) is 3.81. The first-order chi connectivity index (χ1) is 12.0. The van der Waals surface area contributed by atoms with E-state index in [9.17, 15) is 8.42 Å². The highest BCUT2D eigenvalue weighted by Crippen LogP contribution is 2.20. The highest BCUT2D eigenvalue weighted by atomic mass is 32.2. The number of ether oxygens (including phenoxy) is 1. The minimum Gasteiger partial charge on any atom is -0.497 e. The zero-order chi connectivity index (χ0) is 17.9. The third kappa shape index (κ3) is 4.04. The standard InChI is InChI=1S/C17H17N3O4S/c1-12-19-17(20-24-12)14-4-3-5-16(10-14)25(21,22)18-11-13-6-8-15(23-2)9-7-13/h3-10,18H,11H2,1-2H3. The Labute approximate surface area is 145 Å². The smallest absolute Gasteiger partial charge is 0.240 e. The number of methoxy groups -OCH3 is 1. The molecule has 3 aromatic rings. The molecule has 1 aromatic heterocycles. The van der Waals surface area contributed by atoms with Crippen molar-refractivity contribution in [3.63, 3.8) is 0 Å². The Morgan fingerprint density at radius 3 is 2.56 bits per heavy atom. The molecule has 0 saturated heterocycles. The molecule has 25 heavy (non-hydrogen) atoms. The molecule has 0 spiro atoms. The molecule has 0 amide bonds. The van der Waals surface area contributed by atoms with Gasteiger partial charge in [0.1, 0.15) is 5.75 Å². The minimum absolute atomic E-state index is 0.140. The number of nitrogens with one attached hydrogen (secondary N) is 1. The zero-order valence-electron chi connectivity index (χ0n) is 13.8. The molecule has 0 unspecified atom stereocenters. The van der Waals surface area contributed by atoms with Crippen molar-refractivity contribution in [3.8, 4) is 17.1 Å². The molecule has 1 N–H and O–H groups in total. The summed E-state index contributed by atoms with van der Waals surface area (Å²) < 4.78 is 37.6. The molecule has 0 saturated carbocycles. The van der Waals surface area contributed by atoms with Crippen LogP contribution in [0.3, 0.4) is 0 Å². The minimum atomic E-state index is -3.67. The Balaban J connectivity index is 1.77. The van der Waals surface area contributed by atoms with E-state index in [1.54, 1.807) is 50.4 Å². The summed E-state index contributed by atoms with van der Waals surface area (Å²) >= 11 is 0. The topological polar surface area (TPSA) is 94.3 Å². The maximum Gasteiger partial charge on any atom is 0.240 e. The summed E-state index contributed by atoms with van der Waals surface area (Å²) in [4.78, 5) is 4.25. The quantitative estimate of drug-likeness (QED) is 0.727. The van der Waals surface area contributed by atoms with Gasteiger partial charge in [-0.05, 0) is 29.8 Å². The monoisotopic (exact) mass is 359 g/mol. The molecule has 1 heterocycles. The predicted molar refractivity (Wildman–Crippen MR) is 91.5 cm³/mol. The fourth-order valence-electron chi connectivity index (χ4n) is 2.22. The van der Waals surface area contributed by atoms with Crippen LogP contribution in [0.5, 0.6) is 5.75 Å². The van der Waals surface area contributed by atoms with Crippen LogP contribution in [0.1, 0.15) is 11.5 Å². The molecule has 8 heteroatoms. The molecule has 0 atom stereocenters. The van der Waals surface area contributed by atoms with E-state index < -0.39 is 10.0 Å². The van der Waals surface area contributed by atoms with Gasteiger partial charge in [0.2, 0.25) is 21.7 Å². The lowest BCUT2D eigenvalue weighted by molar-refractivity contribution is 0.394. The van der Waals surface area contributed by atoms with E-state index in [0.29, 0.717) is 17.3 Å². The van der Waals surface area contributed by atoms with Gasteiger partial charge in [-0.25, -0.2) is 13.1 Å². The fraction of sp³-hybridized carbons (Fsp3) is 0.176. The van der Waals surface area contributed by atoms with Crippen molar-refractivity contribution in [1.82, 2.24) is 14.9 Å². The summed E-state index contributed by atoms with van der Waals surface area (Å²) in [5.74, 6) is 1.49. The number of sulfonamides is 1. The SMILES string of the molecule is COc1ccc(CNS(=O)(=O)c2cccc(-c3noc(C)n3)c2)cc1. The first-order valence-electron chi connectivity index (χ1n) is 7.51. The second-order valence-electron chi connectivity index (χ2n) is 5.34. The summed E-state index contributed by atoms with van der Waals surface area (Å²) in [5.41, 5.74) is 1.40. The summed E-state index contributed by atoms with van der Waals surface area (Å²) in [6, 6.07) is 13.6. The van der Waals surface area contributed by atoms with Crippen LogP contribution < -0.4 is 9.46 Å². The van der Waals surface area contributed by atoms with Crippen LogP contribution >= 0.6 is 0 Å². The van der Waals surface area contributed by atoms with Gasteiger partial charge in [0, 0.05) is 19.0 Å². The number of hydrogen-bond donors (Lipinski definition) is 1. The highest BCUT2D eigenvalue weighted by molar-refractivity contribution is 7.89. The molecule has 2 aromatic carbocycles. The average molecular weight is 359 g/mol. The van der Waals surface area contributed by atoms with Crippen LogP contribution in [-0.4, -0.2) is 25.7 Å². The number of benzene rings is 2. The van der Waals surface area contributed by atoms with Crippen molar-refractivity contribution in [3.05, 3.63) is 60.0 Å². The molecule has 0 radical (unpaired) electrons. The molecule has 130 valence electrons. The largest absolute Gasteiger partial charge is 0.497 e. The fourth-order valence-corrected chi connectivity index (χ4v) is 3.29. The van der Waals surface area contributed by atoms with Crippen molar-refractivity contribution in [2.24, 2.45) is 0 Å². The molecular formula is C17H17N3O4S. The first-order valence-corrected chi connectivity index (χ1v) is 8.99. The molecule has 3 rings (SSSR count). The van der Waals surface area contributed by atoms with E-state index in [1.165, 1.54) is 12.1 Å². The second-order valence-corrected chi connectivity index (χ2v) is 7.10. The zero-order valence-corrected chi connectivity index (χ0v) is 14.6. The third-order valence-electron chi connectivity index (χ3n) is 3.56. The summed E-state index contributed by atoms with van der Waals surface area (Å²) in [6.45, 7) is 1.85. The Bertz CT molecular complexity index is 966. The lowest BCUT2D eigenvalue weighted by atomic mass is 10.2. The maximum atomic E-state index is 12.5. The molecule has 0 bridgehead atoms. The number of hydrogen-bond acceptors (Lipinski definition) is 6. The Kier molecular flexibility index (Phi) is 4.82. The van der Waals surface area contributed by atoms with Gasteiger partial charge in [-0.2, -0.15) is 4.98 Å². The Hall–Kier alpha value is -2.71. The van der Waals surface area contributed by atoms with E-state index in [1.807, 2.05) is 0 Å². The molecule has 7 nitrogen and oxygen atoms in total. The second kappa shape index (κ2) is 7.04. The third-order valence-corrected chi connectivity index (χ3v) is 4.95. The van der Waals surface area contributed by atoms with Crippen LogP contribution in [0.15, 0.2) is 57.9 Å². The van der Waals surface area contributed by atoms with Gasteiger partial charge in [-0.3, -0.25) is 0 Å². The van der Waals surface area contributed by atoms with Crippen molar-refractivity contribution < 1.29 is 17.7 Å². The van der Waals surface area contributed by atoms with Gasteiger partial charge >= 0.3 is 0 Å². The Morgan fingerprint density at radius 1 is 1.16 bits per heavy atom. The lowest BCUT2D eigenvalue weighted by Crippen LogP contribution is -2.23. The van der Waals surface area contributed by atoms with E-state index >= 15 is 0 Å². The van der Waals surface area contributed by atoms with E-state index in [4.69, 9.17) is 9.26 Å². The van der Waals surface area contributed by atoms with Gasteiger partial charge in [-0.1, -0.05) is 29.4 Å². The molecule has 0 aliphatic heterocycles. The highest BCUT2D eigenvalue weighted by Gasteiger charge is 2.16. The van der Waals surface area contributed by atoms with Crippen LogP contribution in [0.2, 0.25) is 0 Å². The molecule has 0 aliphatic rings. The first kappa shape index (κ1) is 17.1. The molecular weight excluding hydrogens is 342 g/mol. The Morgan fingerprint density at radius 2 is 1.92 bits per heavy atom. The number of nitrogens with zero attached hydrogens (tertiary/aromatic N) is 2. The number of aromatic nitrogens is 2. The van der Waals surface area contributed by atoms with Gasteiger partial charge in [0.25, 0.3) is 0 Å². The maximum absolute atomic E-state index is 12.5. The lowest BCUT2D eigenvalue weighted by Gasteiger charge is -2.08. The summed E-state index contributed by atoms with van der Waals surface area (Å²) in [6.07, 6.45) is 0. The van der Waals surface area contributed by atoms with Crippen LogP contribution in [0.4, 0.5) is 0 Å². The van der Waals surface area contributed by atoms with Crippen LogP contribution in [-0.2, 0) is 16.6 Å². The predicted octanol–water partition coefficient (Wildman–Crippen LogP) is 2.53. The summed E-state index contributed by atoms with van der Waals surface area (Å²) in [7, 11) is -2.09. The average Bonchev–Trinajstić information content (AvgIpc) is 3.07.